The van der Waals surface area contributed by atoms with E-state index in [2.05, 4.69) is 10.2 Å². The second kappa shape index (κ2) is 9.85. The van der Waals surface area contributed by atoms with E-state index >= 15 is 0 Å². The molecule has 1 saturated heterocycles. The van der Waals surface area contributed by atoms with Crippen molar-refractivity contribution in [3.05, 3.63) is 30.1 Å². The van der Waals surface area contributed by atoms with Gasteiger partial charge in [-0.05, 0) is 50.2 Å². The second-order valence-corrected chi connectivity index (χ2v) is 6.90. The molecule has 1 aliphatic heterocycles. The van der Waals surface area contributed by atoms with Crippen molar-refractivity contribution < 1.29 is 9.18 Å². The van der Waals surface area contributed by atoms with Gasteiger partial charge in [-0.3, -0.25) is 4.79 Å². The second-order valence-electron chi connectivity index (χ2n) is 5.67. The van der Waals surface area contributed by atoms with Crippen LogP contribution in [0.4, 0.5) is 10.1 Å². The third kappa shape index (κ3) is 6.79. The molecule has 1 amide bonds. The van der Waals surface area contributed by atoms with Gasteiger partial charge in [-0.2, -0.15) is 11.8 Å². The van der Waals surface area contributed by atoms with Gasteiger partial charge in [0.1, 0.15) is 5.82 Å². The fraction of sp³-hybridized carbons (Fsp3) is 0.588. The summed E-state index contributed by atoms with van der Waals surface area (Å²) in [5, 5.41) is 2.79. The highest BCUT2D eigenvalue weighted by Crippen LogP contribution is 2.12. The quantitative estimate of drug-likeness (QED) is 0.775. The van der Waals surface area contributed by atoms with Gasteiger partial charge in [0.15, 0.2) is 0 Å². The van der Waals surface area contributed by atoms with Crippen LogP contribution in [0.15, 0.2) is 24.3 Å². The maximum atomic E-state index is 12.8. The van der Waals surface area contributed by atoms with E-state index in [1.165, 1.54) is 50.9 Å². The molecule has 0 saturated carbocycles. The minimum atomic E-state index is -0.290. The number of rotatable bonds is 7. The van der Waals surface area contributed by atoms with Gasteiger partial charge in [0.25, 0.3) is 0 Å². The number of hydrogen-bond donors (Lipinski definition) is 1. The van der Waals surface area contributed by atoms with Crippen molar-refractivity contribution in [3.8, 4) is 0 Å². The smallest absolute Gasteiger partial charge is 0.225 e. The summed E-state index contributed by atoms with van der Waals surface area (Å²) in [4.78, 5) is 14.3. The topological polar surface area (TPSA) is 32.3 Å². The minimum absolute atomic E-state index is 0.00567. The summed E-state index contributed by atoms with van der Waals surface area (Å²) in [6.45, 7) is 3.58. The number of halogens is 1. The summed E-state index contributed by atoms with van der Waals surface area (Å²) in [7, 11) is 0. The Balaban J connectivity index is 1.54. The Morgan fingerprint density at radius 1 is 1.09 bits per heavy atom. The highest BCUT2D eigenvalue weighted by Gasteiger charge is 2.08. The molecule has 0 bridgehead atoms. The number of likely N-dealkylation sites (tertiary alicyclic amines) is 1. The number of carbonyl (C=O) groups is 1. The molecule has 0 atom stereocenters. The number of nitrogens with zero attached hydrogens (tertiary/aromatic N) is 1. The van der Waals surface area contributed by atoms with Gasteiger partial charge in [-0.25, -0.2) is 4.39 Å². The molecule has 1 aromatic carbocycles. The molecular formula is C17H25FN2OS. The molecule has 1 aliphatic rings. The summed E-state index contributed by atoms with van der Waals surface area (Å²) in [6.07, 6.45) is 5.89. The van der Waals surface area contributed by atoms with Crippen molar-refractivity contribution in [2.75, 3.05) is 36.5 Å². The highest BCUT2D eigenvalue weighted by atomic mass is 32.2. The molecule has 22 heavy (non-hydrogen) atoms. The standard InChI is InChI=1S/C17H25FN2OS/c18-15-5-7-16(8-6-15)19-17(21)9-13-22-14-12-20-10-3-1-2-4-11-20/h5-8H,1-4,9-14H2,(H,19,21). The lowest BCUT2D eigenvalue weighted by molar-refractivity contribution is -0.115. The van der Waals surface area contributed by atoms with Crippen molar-refractivity contribution in [3.63, 3.8) is 0 Å². The molecule has 1 heterocycles. The normalized spacial score (nSPS) is 16.2. The molecule has 5 heteroatoms. The third-order valence-corrected chi connectivity index (χ3v) is 4.82. The van der Waals surface area contributed by atoms with Gasteiger partial charge in [-0.15, -0.1) is 0 Å². The zero-order chi connectivity index (χ0) is 15.6. The lowest BCUT2D eigenvalue weighted by Crippen LogP contribution is -2.27. The van der Waals surface area contributed by atoms with Crippen LogP contribution < -0.4 is 5.32 Å². The number of amides is 1. The summed E-state index contributed by atoms with van der Waals surface area (Å²) in [5.74, 6) is 1.63. The van der Waals surface area contributed by atoms with Crippen LogP contribution in [0.2, 0.25) is 0 Å². The first-order valence-corrected chi connectivity index (χ1v) is 9.25. The first-order chi connectivity index (χ1) is 10.7. The minimum Gasteiger partial charge on any atom is -0.326 e. The monoisotopic (exact) mass is 324 g/mol. The van der Waals surface area contributed by atoms with Crippen LogP contribution in [0.5, 0.6) is 0 Å². The summed E-state index contributed by atoms with van der Waals surface area (Å²) < 4.78 is 12.8. The molecule has 1 fully saturated rings. The molecule has 1 N–H and O–H groups in total. The average Bonchev–Trinajstić information content (AvgIpc) is 2.78. The Morgan fingerprint density at radius 2 is 1.77 bits per heavy atom. The molecule has 0 radical (unpaired) electrons. The van der Waals surface area contributed by atoms with Gasteiger partial charge in [0.05, 0.1) is 0 Å². The number of carbonyl (C=O) groups excluding carboxylic acids is 1. The van der Waals surface area contributed by atoms with Crippen LogP contribution in [-0.4, -0.2) is 41.9 Å². The van der Waals surface area contributed by atoms with Gasteiger partial charge in [-0.1, -0.05) is 12.8 Å². The van der Waals surface area contributed by atoms with Gasteiger partial charge in [0.2, 0.25) is 5.91 Å². The van der Waals surface area contributed by atoms with E-state index in [1.807, 2.05) is 11.8 Å². The van der Waals surface area contributed by atoms with Crippen molar-refractivity contribution >= 4 is 23.4 Å². The molecule has 1 aromatic rings. The Bertz CT molecular complexity index is 444. The van der Waals surface area contributed by atoms with Crippen molar-refractivity contribution in [1.29, 1.82) is 0 Å². The molecule has 0 spiro atoms. The number of nitrogens with one attached hydrogen (secondary N) is 1. The van der Waals surface area contributed by atoms with E-state index in [1.54, 1.807) is 12.1 Å². The SMILES string of the molecule is O=C(CCSCCN1CCCCCC1)Nc1ccc(F)cc1. The van der Waals surface area contributed by atoms with Crippen LogP contribution in [-0.2, 0) is 4.79 Å². The van der Waals surface area contributed by atoms with Gasteiger partial charge >= 0.3 is 0 Å². The number of benzene rings is 1. The van der Waals surface area contributed by atoms with Gasteiger partial charge in [0, 0.05) is 30.2 Å². The molecule has 0 unspecified atom stereocenters. The number of hydrogen-bond acceptors (Lipinski definition) is 3. The molecule has 0 aromatic heterocycles. The number of thioether (sulfide) groups is 1. The summed E-state index contributed by atoms with van der Waals surface area (Å²) >= 11 is 1.83. The van der Waals surface area contributed by atoms with Crippen molar-refractivity contribution in [1.82, 2.24) is 4.90 Å². The number of anilines is 1. The molecule has 122 valence electrons. The Hall–Kier alpha value is -1.07. The lowest BCUT2D eigenvalue weighted by Gasteiger charge is -2.19. The van der Waals surface area contributed by atoms with Gasteiger partial charge < -0.3 is 10.2 Å². The van der Waals surface area contributed by atoms with Crippen LogP contribution in [0.25, 0.3) is 0 Å². The first-order valence-electron chi connectivity index (χ1n) is 8.09. The van der Waals surface area contributed by atoms with Crippen LogP contribution in [0.1, 0.15) is 32.1 Å². The van der Waals surface area contributed by atoms with E-state index < -0.39 is 0 Å². The van der Waals surface area contributed by atoms with Crippen molar-refractivity contribution in [2.45, 2.75) is 32.1 Å². The predicted molar refractivity (Wildman–Crippen MR) is 91.9 cm³/mol. The van der Waals surface area contributed by atoms with Crippen LogP contribution in [0, 0.1) is 5.82 Å². The van der Waals surface area contributed by atoms with Crippen LogP contribution >= 0.6 is 11.8 Å². The van der Waals surface area contributed by atoms with Crippen molar-refractivity contribution in [2.24, 2.45) is 0 Å². The Morgan fingerprint density at radius 3 is 2.45 bits per heavy atom. The lowest BCUT2D eigenvalue weighted by atomic mass is 10.2. The summed E-state index contributed by atoms with van der Waals surface area (Å²) in [5.41, 5.74) is 0.654. The maximum Gasteiger partial charge on any atom is 0.225 e. The first kappa shape index (κ1) is 17.3. The van der Waals surface area contributed by atoms with E-state index in [-0.39, 0.29) is 11.7 Å². The fourth-order valence-corrected chi connectivity index (χ4v) is 3.50. The van der Waals surface area contributed by atoms with E-state index in [0.717, 1.165) is 18.1 Å². The molecule has 0 aliphatic carbocycles. The molecular weight excluding hydrogens is 299 g/mol. The zero-order valence-corrected chi connectivity index (χ0v) is 13.8. The fourth-order valence-electron chi connectivity index (χ4n) is 2.58. The largest absolute Gasteiger partial charge is 0.326 e. The maximum absolute atomic E-state index is 12.8. The van der Waals surface area contributed by atoms with Crippen LogP contribution in [0.3, 0.4) is 0 Å². The van der Waals surface area contributed by atoms with E-state index in [0.29, 0.717) is 12.1 Å². The average molecular weight is 324 g/mol. The molecule has 2 rings (SSSR count). The third-order valence-electron chi connectivity index (χ3n) is 3.85. The zero-order valence-electron chi connectivity index (χ0n) is 13.0. The predicted octanol–water partition coefficient (Wildman–Crippen LogP) is 3.76. The summed E-state index contributed by atoms with van der Waals surface area (Å²) in [6, 6.07) is 5.87. The Kier molecular flexibility index (Phi) is 7.74. The molecule has 3 nitrogen and oxygen atoms in total. The van der Waals surface area contributed by atoms with E-state index in [4.69, 9.17) is 0 Å². The highest BCUT2D eigenvalue weighted by molar-refractivity contribution is 7.99. The van der Waals surface area contributed by atoms with E-state index in [9.17, 15) is 9.18 Å². The Labute approximate surface area is 136 Å².